The van der Waals surface area contributed by atoms with Crippen molar-refractivity contribution < 1.29 is 4.79 Å². The lowest BCUT2D eigenvalue weighted by Gasteiger charge is -2.36. The van der Waals surface area contributed by atoms with Crippen molar-refractivity contribution >= 4 is 33.2 Å². The van der Waals surface area contributed by atoms with Crippen molar-refractivity contribution in [1.29, 1.82) is 0 Å². The summed E-state index contributed by atoms with van der Waals surface area (Å²) in [6, 6.07) is 2.48. The Morgan fingerprint density at radius 1 is 1.35 bits per heavy atom. The van der Waals surface area contributed by atoms with Crippen molar-refractivity contribution in [3.05, 3.63) is 20.8 Å². The molecule has 0 aromatic carbocycles. The van der Waals surface area contributed by atoms with Crippen LogP contribution in [0.3, 0.4) is 0 Å². The molecule has 5 heteroatoms. The van der Waals surface area contributed by atoms with Crippen LogP contribution in [0.15, 0.2) is 15.2 Å². The van der Waals surface area contributed by atoms with Gasteiger partial charge in [0.15, 0.2) is 0 Å². The molecule has 0 unspecified atom stereocenters. The number of carbonyl (C=O) groups excluding carboxylic acids is 1. The molecule has 0 atom stereocenters. The Bertz CT molecular complexity index is 397. The van der Waals surface area contributed by atoms with Gasteiger partial charge in [0.1, 0.15) is 0 Å². The Morgan fingerprint density at radius 3 is 2.47 bits per heavy atom. The molecule has 94 valence electrons. The van der Waals surface area contributed by atoms with Gasteiger partial charge in [-0.2, -0.15) is 0 Å². The number of thiophene rings is 1. The van der Waals surface area contributed by atoms with Gasteiger partial charge in [-0.05, 0) is 35.8 Å². The Balaban J connectivity index is 1.95. The molecular formula is C12H17BrN2OS. The van der Waals surface area contributed by atoms with Gasteiger partial charge in [0.25, 0.3) is 5.91 Å². The van der Waals surface area contributed by atoms with Crippen LogP contribution in [0.2, 0.25) is 0 Å². The zero-order chi connectivity index (χ0) is 12.4. The average Bonchev–Trinajstić information content (AvgIpc) is 2.75. The maximum atomic E-state index is 12.2. The molecule has 1 fully saturated rings. The standard InChI is InChI=1S/C12H17BrN2OS/c1-9(2)14-3-5-15(6-4-14)12(16)10-7-11(13)17-8-10/h7-9H,3-6H2,1-2H3. The number of piperazine rings is 1. The van der Waals surface area contributed by atoms with E-state index in [4.69, 9.17) is 0 Å². The topological polar surface area (TPSA) is 23.6 Å². The molecule has 1 aliphatic rings. The van der Waals surface area contributed by atoms with Crippen molar-refractivity contribution in [2.45, 2.75) is 19.9 Å². The Kier molecular flexibility index (Phi) is 4.22. The summed E-state index contributed by atoms with van der Waals surface area (Å²) in [5.41, 5.74) is 0.805. The maximum Gasteiger partial charge on any atom is 0.254 e. The van der Waals surface area contributed by atoms with Crippen molar-refractivity contribution in [2.75, 3.05) is 26.2 Å². The van der Waals surface area contributed by atoms with Crippen LogP contribution < -0.4 is 0 Å². The lowest BCUT2D eigenvalue weighted by atomic mass is 10.2. The Labute approximate surface area is 115 Å². The van der Waals surface area contributed by atoms with E-state index in [9.17, 15) is 4.79 Å². The molecule has 1 aromatic heterocycles. The van der Waals surface area contributed by atoms with Gasteiger partial charge in [-0.15, -0.1) is 11.3 Å². The molecule has 2 rings (SSSR count). The smallest absolute Gasteiger partial charge is 0.254 e. The molecule has 0 N–H and O–H groups in total. The van der Waals surface area contributed by atoms with Crippen molar-refractivity contribution in [3.63, 3.8) is 0 Å². The minimum absolute atomic E-state index is 0.162. The first-order valence-electron chi connectivity index (χ1n) is 5.85. The highest BCUT2D eigenvalue weighted by molar-refractivity contribution is 9.11. The Hall–Kier alpha value is -0.390. The molecule has 0 aliphatic carbocycles. The fourth-order valence-electron chi connectivity index (χ4n) is 2.05. The van der Waals surface area contributed by atoms with E-state index in [1.165, 1.54) is 0 Å². The molecule has 0 bridgehead atoms. The van der Waals surface area contributed by atoms with Crippen LogP contribution in [0.25, 0.3) is 0 Å². The van der Waals surface area contributed by atoms with Crippen LogP contribution in [-0.4, -0.2) is 47.9 Å². The predicted octanol–water partition coefficient (Wildman–Crippen LogP) is 2.68. The predicted molar refractivity (Wildman–Crippen MR) is 74.6 cm³/mol. The highest BCUT2D eigenvalue weighted by atomic mass is 79.9. The first-order valence-corrected chi connectivity index (χ1v) is 7.52. The van der Waals surface area contributed by atoms with E-state index in [1.54, 1.807) is 11.3 Å². The van der Waals surface area contributed by atoms with E-state index < -0.39 is 0 Å². The summed E-state index contributed by atoms with van der Waals surface area (Å²) < 4.78 is 1.02. The van der Waals surface area contributed by atoms with E-state index in [-0.39, 0.29) is 5.91 Å². The average molecular weight is 317 g/mol. The van der Waals surface area contributed by atoms with Gasteiger partial charge in [0.05, 0.1) is 9.35 Å². The van der Waals surface area contributed by atoms with Crippen LogP contribution in [0.1, 0.15) is 24.2 Å². The van der Waals surface area contributed by atoms with Crippen LogP contribution in [0.4, 0.5) is 0 Å². The molecule has 3 nitrogen and oxygen atoms in total. The van der Waals surface area contributed by atoms with E-state index >= 15 is 0 Å². The molecule has 1 aliphatic heterocycles. The summed E-state index contributed by atoms with van der Waals surface area (Å²) >= 11 is 4.95. The lowest BCUT2D eigenvalue weighted by molar-refractivity contribution is 0.0596. The van der Waals surface area contributed by atoms with Crippen LogP contribution in [0, 0.1) is 0 Å². The van der Waals surface area contributed by atoms with Crippen molar-refractivity contribution in [2.24, 2.45) is 0 Å². The van der Waals surface area contributed by atoms with Crippen molar-refractivity contribution in [1.82, 2.24) is 9.80 Å². The van der Waals surface area contributed by atoms with Crippen LogP contribution >= 0.6 is 27.3 Å². The van der Waals surface area contributed by atoms with Gasteiger partial charge in [0.2, 0.25) is 0 Å². The summed E-state index contributed by atoms with van der Waals surface area (Å²) in [7, 11) is 0. The second-order valence-electron chi connectivity index (χ2n) is 4.56. The van der Waals surface area contributed by atoms with Gasteiger partial charge >= 0.3 is 0 Å². The highest BCUT2D eigenvalue weighted by Crippen LogP contribution is 2.22. The van der Waals surface area contributed by atoms with E-state index in [0.29, 0.717) is 6.04 Å². The third-order valence-electron chi connectivity index (χ3n) is 3.15. The number of carbonyl (C=O) groups is 1. The van der Waals surface area contributed by atoms with Gasteiger partial charge in [-0.25, -0.2) is 0 Å². The molecule has 1 amide bonds. The van der Waals surface area contributed by atoms with Gasteiger partial charge in [0, 0.05) is 37.6 Å². The summed E-state index contributed by atoms with van der Waals surface area (Å²) in [5.74, 6) is 0.162. The van der Waals surface area contributed by atoms with Crippen LogP contribution in [-0.2, 0) is 0 Å². The van der Waals surface area contributed by atoms with E-state index in [1.807, 2.05) is 16.3 Å². The molecule has 0 radical (unpaired) electrons. The zero-order valence-corrected chi connectivity index (χ0v) is 12.6. The highest BCUT2D eigenvalue weighted by Gasteiger charge is 2.23. The summed E-state index contributed by atoms with van der Waals surface area (Å²) in [6.07, 6.45) is 0. The number of hydrogen-bond acceptors (Lipinski definition) is 3. The van der Waals surface area contributed by atoms with Gasteiger partial charge in [-0.3, -0.25) is 9.69 Å². The molecule has 1 aromatic rings. The van der Waals surface area contributed by atoms with Gasteiger partial charge in [-0.1, -0.05) is 0 Å². The minimum atomic E-state index is 0.162. The minimum Gasteiger partial charge on any atom is -0.336 e. The van der Waals surface area contributed by atoms with E-state index in [2.05, 4.69) is 34.7 Å². The summed E-state index contributed by atoms with van der Waals surface area (Å²) in [6.45, 7) is 8.04. The third kappa shape index (κ3) is 3.09. The monoisotopic (exact) mass is 316 g/mol. The quantitative estimate of drug-likeness (QED) is 0.837. The molecule has 1 saturated heterocycles. The van der Waals surface area contributed by atoms with E-state index in [0.717, 1.165) is 35.5 Å². The van der Waals surface area contributed by atoms with Gasteiger partial charge < -0.3 is 4.90 Å². The number of rotatable bonds is 2. The number of amides is 1. The molecule has 0 spiro atoms. The fraction of sp³-hybridized carbons (Fsp3) is 0.583. The first kappa shape index (κ1) is 13.1. The second kappa shape index (κ2) is 5.50. The third-order valence-corrected chi connectivity index (χ3v) is 4.65. The molecule has 0 saturated carbocycles. The maximum absolute atomic E-state index is 12.2. The molecule has 17 heavy (non-hydrogen) atoms. The Morgan fingerprint density at radius 2 is 2.00 bits per heavy atom. The molecule has 2 heterocycles. The van der Waals surface area contributed by atoms with Crippen LogP contribution in [0.5, 0.6) is 0 Å². The number of halogens is 1. The first-order chi connectivity index (χ1) is 8.08. The second-order valence-corrected chi connectivity index (χ2v) is 6.85. The summed E-state index contributed by atoms with van der Waals surface area (Å²) in [5, 5.41) is 1.92. The lowest BCUT2D eigenvalue weighted by Crippen LogP contribution is -2.50. The summed E-state index contributed by atoms with van der Waals surface area (Å²) in [4.78, 5) is 16.5. The normalized spacial score (nSPS) is 17.8. The zero-order valence-electron chi connectivity index (χ0n) is 10.1. The fourth-order valence-corrected chi connectivity index (χ4v) is 3.18. The number of nitrogens with zero attached hydrogens (tertiary/aromatic N) is 2. The van der Waals surface area contributed by atoms with Crippen molar-refractivity contribution in [3.8, 4) is 0 Å². The number of hydrogen-bond donors (Lipinski definition) is 0. The SMILES string of the molecule is CC(C)N1CCN(C(=O)c2csc(Br)c2)CC1. The molecular weight excluding hydrogens is 300 g/mol. The largest absolute Gasteiger partial charge is 0.336 e.